The monoisotopic (exact) mass is 562 g/mol. The molecule has 1 fully saturated rings. The van der Waals surface area contributed by atoms with Gasteiger partial charge in [-0.2, -0.15) is 0 Å². The van der Waals surface area contributed by atoms with E-state index in [1.165, 1.54) is 23.8 Å². The first-order valence-corrected chi connectivity index (χ1v) is 12.8. The molecule has 0 spiro atoms. The van der Waals surface area contributed by atoms with Gasteiger partial charge in [0.05, 0.1) is 39.6 Å². The number of ether oxygens (including phenoxy) is 2. The van der Waals surface area contributed by atoms with E-state index in [9.17, 15) is 18.8 Å². The van der Waals surface area contributed by atoms with E-state index in [0.717, 1.165) is 12.1 Å². The van der Waals surface area contributed by atoms with Gasteiger partial charge in [0, 0.05) is 43.9 Å². The van der Waals surface area contributed by atoms with E-state index in [4.69, 9.17) is 26.8 Å². The van der Waals surface area contributed by atoms with Crippen LogP contribution in [-0.2, 0) is 20.9 Å². The van der Waals surface area contributed by atoms with Gasteiger partial charge in [-0.15, -0.1) is 0 Å². The minimum Gasteiger partial charge on any atom is -0.462 e. The number of pyridine rings is 1. The lowest BCUT2D eigenvalue weighted by Crippen LogP contribution is -2.59. The topological polar surface area (TPSA) is 116 Å². The van der Waals surface area contributed by atoms with Crippen molar-refractivity contribution in [3.63, 3.8) is 0 Å². The Hall–Kier alpha value is -3.70. The molecular weight excluding hydrogens is 534 g/mol. The number of hydrogen-bond acceptors (Lipinski definition) is 8. The van der Waals surface area contributed by atoms with Gasteiger partial charge in [-0.25, -0.2) is 13.6 Å². The van der Waals surface area contributed by atoms with Crippen LogP contribution in [0.25, 0.3) is 16.6 Å². The van der Waals surface area contributed by atoms with E-state index >= 15 is 4.39 Å². The number of nitrogens with one attached hydrogen (secondary N) is 1. The predicted molar refractivity (Wildman–Crippen MR) is 145 cm³/mol. The Labute approximate surface area is 228 Å². The van der Waals surface area contributed by atoms with Crippen LogP contribution in [0.1, 0.15) is 43.6 Å². The zero-order valence-corrected chi connectivity index (χ0v) is 22.7. The lowest BCUT2D eigenvalue weighted by Gasteiger charge is -2.43. The summed E-state index contributed by atoms with van der Waals surface area (Å²) in [7, 11) is 0. The van der Waals surface area contributed by atoms with Crippen molar-refractivity contribution in [1.82, 2.24) is 9.88 Å². The molecule has 0 radical (unpaired) electrons. The second-order valence-corrected chi connectivity index (χ2v) is 9.96. The number of nitrogens with two attached hydrogens (primary N) is 1. The van der Waals surface area contributed by atoms with E-state index in [2.05, 4.69) is 5.32 Å². The smallest absolute Gasteiger partial charge is 0.343 e. The Kier molecular flexibility index (Phi) is 8.12. The quantitative estimate of drug-likeness (QED) is 0.313. The molecule has 0 saturated carbocycles. The third kappa shape index (κ3) is 5.55. The molecule has 2 aromatic carbocycles. The van der Waals surface area contributed by atoms with Crippen molar-refractivity contribution in [1.29, 1.82) is 0 Å². The maximum atomic E-state index is 15.5. The molecule has 0 bridgehead atoms. The van der Waals surface area contributed by atoms with E-state index in [0.29, 0.717) is 13.1 Å². The Morgan fingerprint density at radius 1 is 1.18 bits per heavy atom. The molecule has 4 rings (SSSR count). The molecule has 3 N–H and O–H groups in total. The SMILES string of the molecule is CCOC(=O)c1cn(-c2cc(N)c(F)cc2COC(C)=O)c2c(Cl)c(N3CC(NC(C)C)C3)c(F)cc2c1=O. The molecule has 3 aromatic rings. The van der Waals surface area contributed by atoms with Gasteiger partial charge >= 0.3 is 11.9 Å². The van der Waals surface area contributed by atoms with Crippen LogP contribution in [0, 0.1) is 11.6 Å². The van der Waals surface area contributed by atoms with Crippen LogP contribution < -0.4 is 21.4 Å². The van der Waals surface area contributed by atoms with Crippen molar-refractivity contribution in [2.45, 2.75) is 46.4 Å². The molecule has 1 aliphatic heterocycles. The van der Waals surface area contributed by atoms with Crippen molar-refractivity contribution in [3.05, 3.63) is 62.4 Å². The summed E-state index contributed by atoms with van der Waals surface area (Å²) in [5, 5.41) is 3.10. The van der Waals surface area contributed by atoms with Gasteiger partial charge in [-0.3, -0.25) is 9.59 Å². The number of aromatic nitrogens is 1. The normalized spacial score (nSPS) is 13.6. The third-order valence-electron chi connectivity index (χ3n) is 6.31. The average molecular weight is 563 g/mol. The molecule has 1 saturated heterocycles. The standard InChI is InChI=1S/C27H29ClF2N4O5/c1-5-38-27(37)18-11-34(22-8-21(31)19(29)6-15(22)12-39-14(4)35)24-17(26(18)36)7-20(30)25(23(24)28)33-9-16(10-33)32-13(2)3/h6-8,11,13,16,32H,5,9-10,12,31H2,1-4H3. The fourth-order valence-electron chi connectivity index (χ4n) is 4.62. The Balaban J connectivity index is 2.00. The van der Waals surface area contributed by atoms with E-state index in [-0.39, 0.29) is 69.4 Å². The minimum atomic E-state index is -0.930. The molecule has 0 amide bonds. The summed E-state index contributed by atoms with van der Waals surface area (Å²) in [6.45, 7) is 7.39. The number of carbonyl (C=O) groups excluding carboxylic acids is 2. The average Bonchev–Trinajstić information content (AvgIpc) is 2.83. The molecule has 0 aliphatic carbocycles. The highest BCUT2D eigenvalue weighted by atomic mass is 35.5. The molecule has 208 valence electrons. The van der Waals surface area contributed by atoms with Crippen LogP contribution in [0.15, 0.2) is 29.2 Å². The first kappa shape index (κ1) is 28.3. The van der Waals surface area contributed by atoms with Crippen molar-refractivity contribution in [2.24, 2.45) is 0 Å². The summed E-state index contributed by atoms with van der Waals surface area (Å²) in [6, 6.07) is 3.73. The Morgan fingerprint density at radius 2 is 1.87 bits per heavy atom. The number of anilines is 2. The van der Waals surface area contributed by atoms with Crippen molar-refractivity contribution >= 4 is 45.8 Å². The number of hydrogen-bond donors (Lipinski definition) is 2. The number of halogens is 3. The van der Waals surface area contributed by atoms with E-state index in [1.807, 2.05) is 13.8 Å². The number of carbonyl (C=O) groups is 2. The number of esters is 2. The molecular formula is C27H29ClF2N4O5. The summed E-state index contributed by atoms with van der Waals surface area (Å²) >= 11 is 6.81. The highest BCUT2D eigenvalue weighted by Crippen LogP contribution is 2.39. The zero-order valence-electron chi connectivity index (χ0n) is 21.9. The molecule has 1 aliphatic rings. The van der Waals surface area contributed by atoms with E-state index < -0.39 is 29.0 Å². The van der Waals surface area contributed by atoms with Crippen LogP contribution in [0.5, 0.6) is 0 Å². The summed E-state index contributed by atoms with van der Waals surface area (Å²) < 4.78 is 41.5. The Morgan fingerprint density at radius 3 is 2.49 bits per heavy atom. The van der Waals surface area contributed by atoms with Gasteiger partial charge in [-0.05, 0) is 25.1 Å². The van der Waals surface area contributed by atoms with Crippen LogP contribution >= 0.6 is 11.6 Å². The van der Waals surface area contributed by atoms with E-state index in [1.54, 1.807) is 11.8 Å². The first-order valence-electron chi connectivity index (χ1n) is 12.4. The van der Waals surface area contributed by atoms with Gasteiger partial charge in [0.15, 0.2) is 0 Å². The molecule has 12 heteroatoms. The molecule has 39 heavy (non-hydrogen) atoms. The molecule has 0 atom stereocenters. The van der Waals surface area contributed by atoms with Gasteiger partial charge in [0.1, 0.15) is 23.8 Å². The zero-order chi connectivity index (χ0) is 28.6. The van der Waals surface area contributed by atoms with Crippen LogP contribution in [0.3, 0.4) is 0 Å². The van der Waals surface area contributed by atoms with Crippen molar-refractivity contribution in [3.8, 4) is 5.69 Å². The second-order valence-electron chi connectivity index (χ2n) is 9.59. The van der Waals surface area contributed by atoms with Gasteiger partial charge in [-0.1, -0.05) is 25.4 Å². The summed E-state index contributed by atoms with van der Waals surface area (Å²) in [4.78, 5) is 39.3. The van der Waals surface area contributed by atoms with Gasteiger partial charge < -0.3 is 30.0 Å². The Bertz CT molecular complexity index is 1520. The number of rotatable bonds is 8. The highest BCUT2D eigenvalue weighted by Gasteiger charge is 2.33. The number of nitrogens with zero attached hydrogens (tertiary/aromatic N) is 2. The van der Waals surface area contributed by atoms with Crippen molar-refractivity contribution < 1.29 is 27.8 Å². The number of fused-ring (bicyclic) bond motifs is 1. The highest BCUT2D eigenvalue weighted by molar-refractivity contribution is 6.38. The van der Waals surface area contributed by atoms with Crippen LogP contribution in [0.2, 0.25) is 5.02 Å². The van der Waals surface area contributed by atoms with Gasteiger partial charge in [0.25, 0.3) is 0 Å². The van der Waals surface area contributed by atoms with Crippen LogP contribution in [0.4, 0.5) is 20.2 Å². The number of benzene rings is 2. The van der Waals surface area contributed by atoms with Crippen molar-refractivity contribution in [2.75, 3.05) is 30.3 Å². The molecule has 0 unspecified atom stereocenters. The molecule has 2 heterocycles. The predicted octanol–water partition coefficient (Wildman–Crippen LogP) is 3.93. The lowest BCUT2D eigenvalue weighted by atomic mass is 10.0. The fraction of sp³-hybridized carbons (Fsp3) is 0.370. The largest absolute Gasteiger partial charge is 0.462 e. The molecule has 1 aromatic heterocycles. The molecule has 9 nitrogen and oxygen atoms in total. The summed E-state index contributed by atoms with van der Waals surface area (Å²) in [5.74, 6) is -3.04. The second kappa shape index (κ2) is 11.2. The fourth-order valence-corrected chi connectivity index (χ4v) is 5.02. The minimum absolute atomic E-state index is 0.00783. The van der Waals surface area contributed by atoms with Crippen LogP contribution in [-0.4, -0.2) is 48.3 Å². The summed E-state index contributed by atoms with van der Waals surface area (Å²) in [5.41, 5.74) is 4.95. The maximum absolute atomic E-state index is 15.5. The third-order valence-corrected chi connectivity index (χ3v) is 6.67. The summed E-state index contributed by atoms with van der Waals surface area (Å²) in [6.07, 6.45) is 1.19. The first-order chi connectivity index (χ1) is 18.4. The maximum Gasteiger partial charge on any atom is 0.343 e. The number of nitrogen functional groups attached to an aromatic ring is 1. The van der Waals surface area contributed by atoms with Gasteiger partial charge in [0.2, 0.25) is 5.43 Å². The lowest BCUT2D eigenvalue weighted by molar-refractivity contribution is -0.142.